The van der Waals surface area contributed by atoms with Gasteiger partial charge >= 0.3 is 11.9 Å². The molecule has 66 heavy (non-hydrogen) atoms. The van der Waals surface area contributed by atoms with Gasteiger partial charge in [0.15, 0.2) is 6.10 Å². The number of allylic oxidation sites excluding steroid dienone is 8. The summed E-state index contributed by atoms with van der Waals surface area (Å²) in [6.45, 7) is 7.80. The summed E-state index contributed by atoms with van der Waals surface area (Å²) in [5, 5.41) is 0. The third-order valence-electron chi connectivity index (χ3n) is 12.8. The maximum atomic E-state index is 12.8. The molecule has 0 aliphatic rings. The number of hydrogen-bond acceptors (Lipinski definition) is 5. The van der Waals surface area contributed by atoms with Crippen molar-refractivity contribution < 1.29 is 23.8 Å². The van der Waals surface area contributed by atoms with Gasteiger partial charge in [-0.3, -0.25) is 9.59 Å². The lowest BCUT2D eigenvalue weighted by Gasteiger charge is -2.18. The van der Waals surface area contributed by atoms with Crippen LogP contribution in [0.25, 0.3) is 0 Å². The zero-order valence-electron chi connectivity index (χ0n) is 44.5. The molecule has 5 nitrogen and oxygen atoms in total. The van der Waals surface area contributed by atoms with Crippen molar-refractivity contribution in [2.45, 2.75) is 309 Å². The van der Waals surface area contributed by atoms with E-state index in [0.29, 0.717) is 19.4 Å². The molecule has 0 aromatic carbocycles. The molecule has 0 saturated heterocycles. The van der Waals surface area contributed by atoms with Gasteiger partial charge in [-0.2, -0.15) is 0 Å². The highest BCUT2D eigenvalue weighted by Gasteiger charge is 2.17. The Morgan fingerprint density at radius 2 is 0.636 bits per heavy atom. The van der Waals surface area contributed by atoms with Gasteiger partial charge < -0.3 is 14.2 Å². The van der Waals surface area contributed by atoms with Crippen molar-refractivity contribution in [1.82, 2.24) is 0 Å². The summed E-state index contributed by atoms with van der Waals surface area (Å²) >= 11 is 0. The number of carbonyl (C=O) groups is 2. The monoisotopic (exact) mass is 925 g/mol. The van der Waals surface area contributed by atoms with Crippen LogP contribution in [0.4, 0.5) is 0 Å². The molecule has 0 spiro atoms. The molecule has 0 rings (SSSR count). The van der Waals surface area contributed by atoms with Crippen molar-refractivity contribution in [2.75, 3.05) is 19.8 Å². The molecule has 0 radical (unpaired) electrons. The lowest BCUT2D eigenvalue weighted by atomic mass is 10.0. The van der Waals surface area contributed by atoms with E-state index in [1.54, 1.807) is 0 Å². The van der Waals surface area contributed by atoms with Gasteiger partial charge in [-0.05, 0) is 83.5 Å². The number of hydrogen-bond donors (Lipinski definition) is 0. The molecule has 0 aliphatic heterocycles. The molecule has 1 unspecified atom stereocenters. The minimum absolute atomic E-state index is 0.0810. The van der Waals surface area contributed by atoms with Crippen LogP contribution in [-0.2, 0) is 23.8 Å². The standard InChI is InChI=1S/C61H112O5/c1-4-7-10-13-16-19-22-25-28-30-32-35-38-41-44-47-50-53-56-64-57-59(66-61(63)55-52-49-46-43-40-37-33-27-24-21-18-15-12-9-6-3)58-65-60(62)54-51-48-45-42-39-36-34-31-29-26-23-20-17-14-11-8-5-2/h16,18-19,21,25,27-28,33,59H,4-15,17,20,22-24,26,29-32,34-58H2,1-3H3/b19-16-,21-18-,28-25-,33-27-. The fourth-order valence-corrected chi connectivity index (χ4v) is 8.45. The molecule has 0 aliphatic carbocycles. The Bertz CT molecular complexity index is 1090. The van der Waals surface area contributed by atoms with E-state index in [2.05, 4.69) is 69.4 Å². The first kappa shape index (κ1) is 63.9. The van der Waals surface area contributed by atoms with Gasteiger partial charge in [0.1, 0.15) is 6.61 Å². The smallest absolute Gasteiger partial charge is 0.306 e. The SMILES string of the molecule is CCCCC/C=C\C/C=C\CCCCCCCCCCOCC(COC(=O)CCCCCCCCCCCCCCCCCCC)OC(=O)CCCCCCC/C=C\C/C=C\CCCCC. The number of unbranched alkanes of at least 4 members (excludes halogenated alkanes) is 35. The normalized spacial score (nSPS) is 12.5. The topological polar surface area (TPSA) is 61.8 Å². The van der Waals surface area contributed by atoms with Crippen molar-refractivity contribution in [1.29, 1.82) is 0 Å². The van der Waals surface area contributed by atoms with Gasteiger partial charge in [-0.25, -0.2) is 0 Å². The molecule has 386 valence electrons. The highest BCUT2D eigenvalue weighted by molar-refractivity contribution is 5.70. The van der Waals surface area contributed by atoms with Crippen LogP contribution >= 0.6 is 0 Å². The van der Waals surface area contributed by atoms with E-state index in [4.69, 9.17) is 14.2 Å². The molecule has 0 heterocycles. The van der Waals surface area contributed by atoms with Crippen LogP contribution in [0.2, 0.25) is 0 Å². The number of carbonyl (C=O) groups excluding carboxylic acids is 2. The second-order valence-corrected chi connectivity index (χ2v) is 19.5. The Morgan fingerprint density at radius 3 is 1.03 bits per heavy atom. The summed E-state index contributed by atoms with van der Waals surface area (Å²) in [7, 11) is 0. The highest BCUT2D eigenvalue weighted by atomic mass is 16.6. The quantitative estimate of drug-likeness (QED) is 0.0345. The maximum Gasteiger partial charge on any atom is 0.306 e. The molecule has 1 atom stereocenters. The molecule has 0 aromatic rings. The van der Waals surface area contributed by atoms with Crippen LogP contribution in [0.1, 0.15) is 303 Å². The van der Waals surface area contributed by atoms with Crippen molar-refractivity contribution in [3.63, 3.8) is 0 Å². The van der Waals surface area contributed by atoms with Gasteiger partial charge in [0.25, 0.3) is 0 Å². The van der Waals surface area contributed by atoms with Gasteiger partial charge in [0.05, 0.1) is 6.61 Å². The minimum Gasteiger partial charge on any atom is -0.462 e. The largest absolute Gasteiger partial charge is 0.462 e. The van der Waals surface area contributed by atoms with Crippen LogP contribution < -0.4 is 0 Å². The van der Waals surface area contributed by atoms with E-state index in [0.717, 1.165) is 64.2 Å². The zero-order chi connectivity index (χ0) is 47.7. The molecule has 0 bridgehead atoms. The van der Waals surface area contributed by atoms with Gasteiger partial charge in [0, 0.05) is 19.4 Å². The average Bonchev–Trinajstić information content (AvgIpc) is 3.32. The van der Waals surface area contributed by atoms with Gasteiger partial charge in [0.2, 0.25) is 0 Å². The van der Waals surface area contributed by atoms with Crippen molar-refractivity contribution >= 4 is 11.9 Å². The van der Waals surface area contributed by atoms with Crippen LogP contribution in [0.3, 0.4) is 0 Å². The molecule has 5 heteroatoms. The molecule has 0 fully saturated rings. The summed E-state index contributed by atoms with van der Waals surface area (Å²) in [5.41, 5.74) is 0. The Labute approximate surface area is 412 Å². The molecule has 0 saturated carbocycles. The van der Waals surface area contributed by atoms with E-state index >= 15 is 0 Å². The Hall–Kier alpha value is -2.14. The number of esters is 2. The van der Waals surface area contributed by atoms with Crippen LogP contribution in [0, 0.1) is 0 Å². The Morgan fingerprint density at radius 1 is 0.333 bits per heavy atom. The lowest BCUT2D eigenvalue weighted by molar-refractivity contribution is -0.163. The summed E-state index contributed by atoms with van der Waals surface area (Å²) in [6, 6.07) is 0. The second-order valence-electron chi connectivity index (χ2n) is 19.5. The molecular formula is C61H112O5. The third kappa shape index (κ3) is 54.5. The number of rotatable bonds is 54. The number of ether oxygens (including phenoxy) is 3. The molecular weight excluding hydrogens is 813 g/mol. The van der Waals surface area contributed by atoms with E-state index in [9.17, 15) is 9.59 Å². The molecule has 0 amide bonds. The fourth-order valence-electron chi connectivity index (χ4n) is 8.45. The summed E-state index contributed by atoms with van der Waals surface area (Å²) in [6.07, 6.45) is 71.3. The predicted octanol–water partition coefficient (Wildman–Crippen LogP) is 19.9. The highest BCUT2D eigenvalue weighted by Crippen LogP contribution is 2.16. The van der Waals surface area contributed by atoms with E-state index < -0.39 is 6.10 Å². The van der Waals surface area contributed by atoms with E-state index in [1.165, 1.54) is 205 Å². The predicted molar refractivity (Wildman–Crippen MR) is 288 cm³/mol. The van der Waals surface area contributed by atoms with Crippen LogP contribution in [0.15, 0.2) is 48.6 Å². The van der Waals surface area contributed by atoms with E-state index in [-0.39, 0.29) is 25.2 Å². The lowest BCUT2D eigenvalue weighted by Crippen LogP contribution is -2.30. The average molecular weight is 926 g/mol. The third-order valence-corrected chi connectivity index (χ3v) is 12.8. The van der Waals surface area contributed by atoms with Crippen molar-refractivity contribution in [3.8, 4) is 0 Å². The zero-order valence-corrected chi connectivity index (χ0v) is 44.5. The Balaban J connectivity index is 4.26. The maximum absolute atomic E-state index is 12.8. The molecule has 0 N–H and O–H groups in total. The van der Waals surface area contributed by atoms with Crippen molar-refractivity contribution in [2.24, 2.45) is 0 Å². The molecule has 0 aromatic heterocycles. The second kappa shape index (κ2) is 57.2. The first-order valence-corrected chi connectivity index (χ1v) is 29.2. The fraction of sp³-hybridized carbons (Fsp3) is 0.836. The van der Waals surface area contributed by atoms with Crippen LogP contribution in [-0.4, -0.2) is 37.9 Å². The van der Waals surface area contributed by atoms with E-state index in [1.807, 2.05) is 0 Å². The van der Waals surface area contributed by atoms with Crippen molar-refractivity contribution in [3.05, 3.63) is 48.6 Å². The summed E-state index contributed by atoms with van der Waals surface area (Å²) in [4.78, 5) is 25.5. The summed E-state index contributed by atoms with van der Waals surface area (Å²) in [5.74, 6) is -0.400. The first-order valence-electron chi connectivity index (χ1n) is 29.2. The van der Waals surface area contributed by atoms with Gasteiger partial charge in [-0.1, -0.05) is 256 Å². The minimum atomic E-state index is -0.545. The summed E-state index contributed by atoms with van der Waals surface area (Å²) < 4.78 is 17.5. The first-order chi connectivity index (χ1) is 32.6. The Kier molecular flexibility index (Phi) is 55.3. The van der Waals surface area contributed by atoms with Gasteiger partial charge in [-0.15, -0.1) is 0 Å². The van der Waals surface area contributed by atoms with Crippen LogP contribution in [0.5, 0.6) is 0 Å².